The normalized spacial score (nSPS) is 13.4. The number of H-pyrrole nitrogens is 1. The van der Waals surface area contributed by atoms with Gasteiger partial charge in [-0.15, -0.1) is 0 Å². The van der Waals surface area contributed by atoms with E-state index in [1.54, 1.807) is 36.2 Å². The second kappa shape index (κ2) is 16.9. The summed E-state index contributed by atoms with van der Waals surface area (Å²) in [4.78, 5) is 24.7. The number of nitrogens with one attached hydrogen (secondary N) is 2. The number of aryl methyl sites for hydroxylation is 1. The van der Waals surface area contributed by atoms with Gasteiger partial charge in [0, 0.05) is 41.5 Å². The van der Waals surface area contributed by atoms with Gasteiger partial charge in [-0.25, -0.2) is 9.18 Å². The lowest BCUT2D eigenvalue weighted by atomic mass is 10.0. The number of thioether (sulfide) groups is 1. The lowest BCUT2D eigenvalue weighted by molar-refractivity contribution is 0.490. The van der Waals surface area contributed by atoms with Crippen LogP contribution in [0.2, 0.25) is 5.02 Å². The van der Waals surface area contributed by atoms with Crippen molar-refractivity contribution < 1.29 is 4.39 Å². The zero-order valence-electron chi connectivity index (χ0n) is 26.0. The molecule has 4 rings (SSSR count). The number of nitrogens with zero attached hydrogens (tertiary/aromatic N) is 3. The fourth-order valence-corrected chi connectivity index (χ4v) is 6.20. The summed E-state index contributed by atoms with van der Waals surface area (Å²) in [5, 5.41) is 4.34. The zero-order chi connectivity index (χ0) is 32.3. The van der Waals surface area contributed by atoms with Crippen LogP contribution in [0.4, 0.5) is 4.39 Å². The topological polar surface area (TPSA) is 153 Å². The van der Waals surface area contributed by atoms with Crippen LogP contribution < -0.4 is 28.2 Å². The Morgan fingerprint density at radius 3 is 2.69 bits per heavy atom. The molecule has 4 aromatic rings. The van der Waals surface area contributed by atoms with Crippen LogP contribution in [-0.4, -0.2) is 58.1 Å². The van der Waals surface area contributed by atoms with Gasteiger partial charge >= 0.3 is 5.69 Å². The molecule has 0 amide bonds. The number of fused-ring (bicyclic) bond motifs is 1. The molecule has 0 aliphatic carbocycles. The Morgan fingerprint density at radius 2 is 1.98 bits per heavy atom. The van der Waals surface area contributed by atoms with Gasteiger partial charge < -0.3 is 27.5 Å². The number of aromatic nitrogens is 3. The van der Waals surface area contributed by atoms with Crippen molar-refractivity contribution in [3.63, 3.8) is 0 Å². The van der Waals surface area contributed by atoms with Crippen LogP contribution in [0, 0.1) is 5.82 Å². The molecule has 0 saturated heterocycles. The molecule has 2 heterocycles. The molecule has 0 bridgehead atoms. The second-order valence-electron chi connectivity index (χ2n) is 11.2. The molecule has 45 heavy (non-hydrogen) atoms. The van der Waals surface area contributed by atoms with Crippen molar-refractivity contribution in [2.24, 2.45) is 22.2 Å². The van der Waals surface area contributed by atoms with Gasteiger partial charge in [0.25, 0.3) is 0 Å². The molecule has 0 spiro atoms. The smallest absolute Gasteiger partial charge is 0.354 e. The molecular formula is C33H44ClFN8OS. The van der Waals surface area contributed by atoms with Crippen molar-refractivity contribution in [1.29, 1.82) is 0 Å². The van der Waals surface area contributed by atoms with Crippen molar-refractivity contribution in [2.45, 2.75) is 57.5 Å². The highest BCUT2D eigenvalue weighted by molar-refractivity contribution is 7.98. The summed E-state index contributed by atoms with van der Waals surface area (Å²) in [7, 11) is 0. The third kappa shape index (κ3) is 9.40. The van der Waals surface area contributed by atoms with Gasteiger partial charge in [-0.2, -0.15) is 16.7 Å². The number of hydrogen-bond donors (Lipinski definition) is 5. The number of benzene rings is 2. The van der Waals surface area contributed by atoms with Crippen LogP contribution in [0.15, 0.2) is 58.4 Å². The first-order chi connectivity index (χ1) is 21.7. The van der Waals surface area contributed by atoms with Crippen LogP contribution in [0.5, 0.6) is 0 Å². The van der Waals surface area contributed by atoms with Gasteiger partial charge in [0.1, 0.15) is 11.5 Å². The van der Waals surface area contributed by atoms with Gasteiger partial charge in [0.15, 0.2) is 5.82 Å². The van der Waals surface area contributed by atoms with Gasteiger partial charge in [0.05, 0.1) is 22.9 Å². The average molecular weight is 655 g/mol. The van der Waals surface area contributed by atoms with Crippen LogP contribution in [0.1, 0.15) is 56.2 Å². The lowest BCUT2D eigenvalue weighted by Gasteiger charge is -2.19. The Bertz CT molecular complexity index is 1640. The Hall–Kier alpha value is -3.22. The van der Waals surface area contributed by atoms with E-state index >= 15 is 4.39 Å². The average Bonchev–Trinajstić information content (AvgIpc) is 3.44. The van der Waals surface area contributed by atoms with Gasteiger partial charge in [0.2, 0.25) is 0 Å². The zero-order valence-corrected chi connectivity index (χ0v) is 27.6. The Balaban J connectivity index is 1.51. The molecule has 0 saturated carbocycles. The highest BCUT2D eigenvalue weighted by Gasteiger charge is 2.16. The quantitative estimate of drug-likeness (QED) is 0.0586. The molecule has 2 unspecified atom stereocenters. The number of rotatable bonds is 17. The second-order valence-corrected chi connectivity index (χ2v) is 12.6. The predicted octanol–water partition coefficient (Wildman–Crippen LogP) is 5.32. The van der Waals surface area contributed by atoms with E-state index in [1.807, 2.05) is 30.5 Å². The van der Waals surface area contributed by atoms with Crippen LogP contribution >= 0.6 is 23.4 Å². The molecule has 0 fully saturated rings. The fraction of sp³-hybridized carbons (Fsp3) is 0.424. The van der Waals surface area contributed by atoms with Gasteiger partial charge in [-0.05, 0) is 86.4 Å². The number of aromatic amines is 1. The van der Waals surface area contributed by atoms with Crippen LogP contribution in [-0.2, 0) is 6.42 Å². The molecule has 12 heteroatoms. The Morgan fingerprint density at radius 1 is 1.20 bits per heavy atom. The minimum Gasteiger partial charge on any atom is -0.386 e. The monoisotopic (exact) mass is 654 g/mol. The van der Waals surface area contributed by atoms with E-state index in [4.69, 9.17) is 28.8 Å². The molecule has 2 atom stereocenters. The summed E-state index contributed by atoms with van der Waals surface area (Å²) in [6.45, 7) is 3.85. The van der Waals surface area contributed by atoms with Crippen LogP contribution in [0.3, 0.4) is 0 Å². The molecular weight excluding hydrogens is 611 g/mol. The van der Waals surface area contributed by atoms with Crippen molar-refractivity contribution >= 4 is 40.2 Å². The van der Waals surface area contributed by atoms with E-state index in [9.17, 15) is 4.79 Å². The summed E-state index contributed by atoms with van der Waals surface area (Å²) in [5.74, 6) is 0.858. The number of amidine groups is 1. The third-order valence-electron chi connectivity index (χ3n) is 7.71. The molecule has 2 aromatic carbocycles. The summed E-state index contributed by atoms with van der Waals surface area (Å²) in [5.41, 5.74) is 20.9. The maximum absolute atomic E-state index is 15.2. The third-order valence-corrected chi connectivity index (χ3v) is 8.74. The number of aliphatic imine (C=N–C) groups is 1. The summed E-state index contributed by atoms with van der Waals surface area (Å²) in [6.07, 6.45) is 9.11. The summed E-state index contributed by atoms with van der Waals surface area (Å²) >= 11 is 8.03. The molecule has 0 aliphatic heterocycles. The molecule has 0 radical (unpaired) electrons. The van der Waals surface area contributed by atoms with E-state index in [2.05, 4.69) is 27.2 Å². The SMILES string of the molecule is CCCC(NCCCN=C(N)CN)c1ccc(-n2cc3cc(-c4cc(CCCC(N)CSC)cc(Cl)c4F)[nH]c3nc2=O)cc1. The summed E-state index contributed by atoms with van der Waals surface area (Å²) in [6, 6.07) is 13.5. The lowest BCUT2D eigenvalue weighted by Crippen LogP contribution is -2.25. The van der Waals surface area contributed by atoms with E-state index in [1.165, 1.54) is 4.57 Å². The first-order valence-electron chi connectivity index (χ1n) is 15.4. The maximum Gasteiger partial charge on any atom is 0.354 e. The van der Waals surface area contributed by atoms with Crippen molar-refractivity contribution in [3.05, 3.63) is 81.1 Å². The standard InChI is InChI=1S/C33H44ClFN8OS/c1-3-6-28(39-13-5-14-40-30(38)18-36)22-9-11-25(12-10-22)43-19-23-17-29(41-32(23)42-33(43)44)26-15-21(16-27(34)31(26)35)7-4-8-24(37)20-45-2/h9-12,15-17,19,24,28,39H,3-8,13-14,18,20,36-37H2,1-2H3,(H2,38,40)(H,41,42,44). The van der Waals surface area contributed by atoms with E-state index in [0.717, 1.165) is 61.9 Å². The van der Waals surface area contributed by atoms with E-state index in [0.29, 0.717) is 40.4 Å². The molecule has 9 nitrogen and oxygen atoms in total. The minimum absolute atomic E-state index is 0.0582. The largest absolute Gasteiger partial charge is 0.386 e. The molecule has 2 aromatic heterocycles. The summed E-state index contributed by atoms with van der Waals surface area (Å²) < 4.78 is 16.7. The minimum atomic E-state index is -0.514. The highest BCUT2D eigenvalue weighted by atomic mass is 35.5. The Kier molecular flexibility index (Phi) is 13.0. The van der Waals surface area contributed by atoms with Crippen molar-refractivity contribution in [2.75, 3.05) is 31.6 Å². The van der Waals surface area contributed by atoms with Gasteiger partial charge in [-0.1, -0.05) is 37.1 Å². The first kappa shape index (κ1) is 34.6. The van der Waals surface area contributed by atoms with E-state index < -0.39 is 11.5 Å². The predicted molar refractivity (Wildman–Crippen MR) is 187 cm³/mol. The maximum atomic E-state index is 15.2. The van der Waals surface area contributed by atoms with Gasteiger partial charge in [-0.3, -0.25) is 9.56 Å². The number of hydrogen-bond acceptors (Lipinski definition) is 7. The first-order valence-corrected chi connectivity index (χ1v) is 17.2. The van der Waals surface area contributed by atoms with Crippen molar-refractivity contribution in [3.8, 4) is 16.9 Å². The van der Waals surface area contributed by atoms with Crippen molar-refractivity contribution in [1.82, 2.24) is 19.9 Å². The number of halogens is 2. The Labute approximate surface area is 273 Å². The highest BCUT2D eigenvalue weighted by Crippen LogP contribution is 2.31. The van der Waals surface area contributed by atoms with Crippen LogP contribution in [0.25, 0.3) is 28.0 Å². The molecule has 242 valence electrons. The van der Waals surface area contributed by atoms with E-state index in [-0.39, 0.29) is 23.7 Å². The molecule has 8 N–H and O–H groups in total. The number of nitrogens with two attached hydrogens (primary N) is 3. The molecule has 0 aliphatic rings. The fourth-order valence-electron chi connectivity index (χ4n) is 5.36.